The Balaban J connectivity index is 1.55. The largest absolute Gasteiger partial charge is 0.497 e. The van der Waals surface area contributed by atoms with Gasteiger partial charge in [-0.1, -0.05) is 12.1 Å². The molecule has 152 valence electrons. The molecule has 0 aliphatic carbocycles. The second-order valence-corrected chi connectivity index (χ2v) is 7.61. The third kappa shape index (κ3) is 4.01. The smallest absolute Gasteiger partial charge is 0.226 e. The number of methoxy groups -OCH3 is 2. The highest BCUT2D eigenvalue weighted by atomic mass is 16.5. The van der Waals surface area contributed by atoms with Crippen molar-refractivity contribution in [3.8, 4) is 23.0 Å². The molecule has 1 aliphatic heterocycles. The van der Waals surface area contributed by atoms with Gasteiger partial charge in [0.1, 0.15) is 17.3 Å². The van der Waals surface area contributed by atoms with Crippen molar-refractivity contribution >= 4 is 0 Å². The minimum atomic E-state index is 0.382. The van der Waals surface area contributed by atoms with Gasteiger partial charge in [-0.25, -0.2) is 4.98 Å². The van der Waals surface area contributed by atoms with Crippen LogP contribution < -0.4 is 9.47 Å². The second-order valence-electron chi connectivity index (χ2n) is 7.61. The molecule has 2 heterocycles. The van der Waals surface area contributed by atoms with Gasteiger partial charge >= 0.3 is 0 Å². The van der Waals surface area contributed by atoms with Crippen molar-refractivity contribution in [1.29, 1.82) is 0 Å². The molecule has 4 rings (SSSR count). The van der Waals surface area contributed by atoms with E-state index in [-0.39, 0.29) is 0 Å². The monoisotopic (exact) mass is 392 g/mol. The van der Waals surface area contributed by atoms with E-state index in [1.165, 1.54) is 12.0 Å². The Morgan fingerprint density at radius 3 is 2.72 bits per heavy atom. The van der Waals surface area contributed by atoms with E-state index in [1.807, 2.05) is 32.0 Å². The van der Waals surface area contributed by atoms with Crippen LogP contribution in [-0.4, -0.2) is 30.6 Å². The molecule has 3 aromatic rings. The molecule has 0 radical (unpaired) electrons. The summed E-state index contributed by atoms with van der Waals surface area (Å²) in [7, 11) is 3.40. The summed E-state index contributed by atoms with van der Waals surface area (Å²) in [5.41, 5.74) is 4.35. The number of likely N-dealkylation sites (tertiary alicyclic amines) is 1. The van der Waals surface area contributed by atoms with Gasteiger partial charge in [0.2, 0.25) is 5.89 Å². The third-order valence-electron chi connectivity index (χ3n) is 5.73. The van der Waals surface area contributed by atoms with Crippen LogP contribution in [-0.2, 0) is 6.54 Å². The van der Waals surface area contributed by atoms with Crippen molar-refractivity contribution < 1.29 is 13.9 Å². The molecule has 2 aromatic carbocycles. The summed E-state index contributed by atoms with van der Waals surface area (Å²) >= 11 is 0. The first-order valence-electron chi connectivity index (χ1n) is 10.1. The lowest BCUT2D eigenvalue weighted by atomic mass is 10.0. The summed E-state index contributed by atoms with van der Waals surface area (Å²) in [4.78, 5) is 7.32. The molecule has 5 nitrogen and oxygen atoms in total. The Bertz CT molecular complexity index is 996. The molecule has 0 N–H and O–H groups in total. The Kier molecular flexibility index (Phi) is 5.58. The van der Waals surface area contributed by atoms with Gasteiger partial charge in [0.05, 0.1) is 19.9 Å². The van der Waals surface area contributed by atoms with Gasteiger partial charge in [-0.05, 0) is 74.7 Å². The predicted octanol–water partition coefficient (Wildman–Crippen LogP) is 5.31. The van der Waals surface area contributed by atoms with E-state index < -0.39 is 0 Å². The van der Waals surface area contributed by atoms with Crippen molar-refractivity contribution in [1.82, 2.24) is 9.88 Å². The highest BCUT2D eigenvalue weighted by Gasteiger charge is 2.28. The van der Waals surface area contributed by atoms with Crippen molar-refractivity contribution in [3.63, 3.8) is 0 Å². The van der Waals surface area contributed by atoms with Gasteiger partial charge in [-0.15, -0.1) is 0 Å². The standard InChI is InChI=1S/C24H28N2O3/c1-16-13-19(10-11-23(16)28-4)24-25-21(17(2)29-24)15-26-12-6-9-22(26)18-7-5-8-20(14-18)27-3/h5,7-8,10-11,13-14,22H,6,9,12,15H2,1-4H3/t22-/m1/s1. The second kappa shape index (κ2) is 8.29. The molecule has 1 aromatic heterocycles. The molecular formula is C24H28N2O3. The van der Waals surface area contributed by atoms with Crippen molar-refractivity contribution in [2.75, 3.05) is 20.8 Å². The molecule has 1 fully saturated rings. The number of benzene rings is 2. The fourth-order valence-electron chi connectivity index (χ4n) is 4.14. The van der Waals surface area contributed by atoms with Crippen LogP contribution >= 0.6 is 0 Å². The number of aromatic nitrogens is 1. The number of rotatable bonds is 6. The van der Waals surface area contributed by atoms with Crippen LogP contribution in [0.4, 0.5) is 0 Å². The van der Waals surface area contributed by atoms with Crippen LogP contribution in [0.1, 0.15) is 41.5 Å². The summed E-state index contributed by atoms with van der Waals surface area (Å²) in [6.07, 6.45) is 2.33. The summed E-state index contributed by atoms with van der Waals surface area (Å²) in [6, 6.07) is 14.8. The minimum absolute atomic E-state index is 0.382. The number of aryl methyl sites for hydroxylation is 2. The number of hydrogen-bond acceptors (Lipinski definition) is 5. The van der Waals surface area contributed by atoms with E-state index >= 15 is 0 Å². The third-order valence-corrected chi connectivity index (χ3v) is 5.73. The zero-order chi connectivity index (χ0) is 20.4. The van der Waals surface area contributed by atoms with Crippen molar-refractivity contribution in [2.24, 2.45) is 0 Å². The Morgan fingerprint density at radius 2 is 1.97 bits per heavy atom. The lowest BCUT2D eigenvalue weighted by molar-refractivity contribution is 0.244. The maximum atomic E-state index is 6.02. The molecular weight excluding hydrogens is 364 g/mol. The van der Waals surface area contributed by atoms with Crippen LogP contribution in [0.25, 0.3) is 11.5 Å². The molecule has 0 spiro atoms. The first-order valence-corrected chi connectivity index (χ1v) is 10.1. The van der Waals surface area contributed by atoms with E-state index in [4.69, 9.17) is 18.9 Å². The molecule has 1 saturated heterocycles. The van der Waals surface area contributed by atoms with E-state index in [0.29, 0.717) is 11.9 Å². The summed E-state index contributed by atoms with van der Waals surface area (Å²) < 4.78 is 16.8. The van der Waals surface area contributed by atoms with Gasteiger partial charge < -0.3 is 13.9 Å². The molecule has 0 unspecified atom stereocenters. The van der Waals surface area contributed by atoms with Crippen LogP contribution in [0.5, 0.6) is 11.5 Å². The van der Waals surface area contributed by atoms with Gasteiger partial charge in [0, 0.05) is 18.2 Å². The highest BCUT2D eigenvalue weighted by molar-refractivity contribution is 5.57. The average Bonchev–Trinajstić information content (AvgIpc) is 3.35. The van der Waals surface area contributed by atoms with E-state index in [9.17, 15) is 0 Å². The Hall–Kier alpha value is -2.79. The fourth-order valence-corrected chi connectivity index (χ4v) is 4.14. The lowest BCUT2D eigenvalue weighted by Gasteiger charge is -2.24. The molecule has 0 bridgehead atoms. The lowest BCUT2D eigenvalue weighted by Crippen LogP contribution is -2.23. The van der Waals surface area contributed by atoms with Gasteiger partial charge in [-0.3, -0.25) is 4.90 Å². The molecule has 5 heteroatoms. The SMILES string of the molecule is COc1cccc([C@H]2CCCN2Cc2nc(-c3ccc(OC)c(C)c3)oc2C)c1. The predicted molar refractivity (Wildman–Crippen MR) is 113 cm³/mol. The van der Waals surface area contributed by atoms with Crippen molar-refractivity contribution in [3.05, 3.63) is 65.0 Å². The number of oxazole rings is 1. The summed E-state index contributed by atoms with van der Waals surface area (Å²) in [5.74, 6) is 3.32. The number of hydrogen-bond donors (Lipinski definition) is 0. The Labute approximate surface area is 172 Å². The van der Waals surface area contributed by atoms with Crippen LogP contribution in [0.3, 0.4) is 0 Å². The highest BCUT2D eigenvalue weighted by Crippen LogP contribution is 2.35. The van der Waals surface area contributed by atoms with Gasteiger partial charge in [-0.2, -0.15) is 0 Å². The number of nitrogens with zero attached hydrogens (tertiary/aromatic N) is 2. The first-order chi connectivity index (χ1) is 14.1. The molecule has 29 heavy (non-hydrogen) atoms. The van der Waals surface area contributed by atoms with Gasteiger partial charge in [0.25, 0.3) is 0 Å². The van der Waals surface area contributed by atoms with Crippen LogP contribution in [0, 0.1) is 13.8 Å². The summed E-state index contributed by atoms with van der Waals surface area (Å²) in [6.45, 7) is 5.87. The summed E-state index contributed by atoms with van der Waals surface area (Å²) in [5, 5.41) is 0. The van der Waals surface area contributed by atoms with Gasteiger partial charge in [0.15, 0.2) is 0 Å². The molecule has 0 saturated carbocycles. The molecule has 1 atom stereocenters. The normalized spacial score (nSPS) is 16.9. The van der Waals surface area contributed by atoms with E-state index in [0.717, 1.165) is 53.6 Å². The number of ether oxygens (including phenoxy) is 2. The maximum Gasteiger partial charge on any atom is 0.226 e. The average molecular weight is 392 g/mol. The zero-order valence-electron chi connectivity index (χ0n) is 17.6. The molecule has 0 amide bonds. The van der Waals surface area contributed by atoms with E-state index in [1.54, 1.807) is 14.2 Å². The van der Waals surface area contributed by atoms with E-state index in [2.05, 4.69) is 29.2 Å². The maximum absolute atomic E-state index is 6.02. The van der Waals surface area contributed by atoms with Crippen molar-refractivity contribution in [2.45, 2.75) is 39.3 Å². The molecule has 1 aliphatic rings. The fraction of sp³-hybridized carbons (Fsp3) is 0.375. The quantitative estimate of drug-likeness (QED) is 0.569. The van der Waals surface area contributed by atoms with Crippen LogP contribution in [0.15, 0.2) is 46.9 Å². The van der Waals surface area contributed by atoms with Crippen LogP contribution in [0.2, 0.25) is 0 Å². The minimum Gasteiger partial charge on any atom is -0.497 e. The topological polar surface area (TPSA) is 47.7 Å². The first kappa shape index (κ1) is 19.5. The zero-order valence-corrected chi connectivity index (χ0v) is 17.6. The Morgan fingerprint density at radius 1 is 1.10 bits per heavy atom.